The molecule has 2 heteroatoms. The number of hydrogen-bond acceptors (Lipinski definition) is 1. The lowest BCUT2D eigenvalue weighted by atomic mass is 9.64. The molecule has 1 aromatic carbocycles. The Morgan fingerprint density at radius 1 is 1.27 bits per heavy atom. The smallest absolute Gasteiger partial charge is 0.0825 e. The van der Waals surface area contributed by atoms with E-state index in [2.05, 4.69) is 19.1 Å². The van der Waals surface area contributed by atoms with Gasteiger partial charge in [0, 0.05) is 5.02 Å². The van der Waals surface area contributed by atoms with Crippen LogP contribution in [0, 0.1) is 25.2 Å². The number of hydrogen-bond donors (Lipinski definition) is 0. The van der Waals surface area contributed by atoms with Gasteiger partial charge >= 0.3 is 0 Å². The quantitative estimate of drug-likeness (QED) is 0.703. The van der Waals surface area contributed by atoms with Gasteiger partial charge in [0.15, 0.2) is 0 Å². The zero-order chi connectivity index (χ0) is 11.1. The highest BCUT2D eigenvalue weighted by Gasteiger charge is 2.40. The fraction of sp³-hybridized carbons (Fsp3) is 0.462. The van der Waals surface area contributed by atoms with Crippen molar-refractivity contribution >= 4 is 11.6 Å². The van der Waals surface area contributed by atoms with Crippen molar-refractivity contribution in [1.82, 2.24) is 0 Å². The first-order valence-corrected chi connectivity index (χ1v) is 5.65. The fourth-order valence-electron chi connectivity index (χ4n) is 2.31. The number of aryl methyl sites for hydroxylation is 2. The molecule has 1 nitrogen and oxygen atoms in total. The molecule has 0 bridgehead atoms. The Morgan fingerprint density at radius 3 is 2.40 bits per heavy atom. The molecule has 0 saturated heterocycles. The van der Waals surface area contributed by atoms with Gasteiger partial charge in [0.25, 0.3) is 0 Å². The van der Waals surface area contributed by atoms with Crippen LogP contribution in [0.2, 0.25) is 5.02 Å². The van der Waals surface area contributed by atoms with Gasteiger partial charge in [-0.05, 0) is 55.9 Å². The second kappa shape index (κ2) is 3.54. The second-order valence-electron chi connectivity index (χ2n) is 4.46. The van der Waals surface area contributed by atoms with E-state index in [1.54, 1.807) is 0 Å². The molecule has 0 amide bonds. The van der Waals surface area contributed by atoms with Gasteiger partial charge in [0.1, 0.15) is 0 Å². The summed E-state index contributed by atoms with van der Waals surface area (Å²) in [5, 5.41) is 10.1. The maximum Gasteiger partial charge on any atom is 0.0825 e. The summed E-state index contributed by atoms with van der Waals surface area (Å²) in [6.07, 6.45) is 3.10. The molecule has 1 aromatic rings. The molecule has 0 aromatic heterocycles. The highest BCUT2D eigenvalue weighted by molar-refractivity contribution is 6.31. The molecule has 1 aliphatic rings. The Bertz CT molecular complexity index is 439. The highest BCUT2D eigenvalue weighted by Crippen LogP contribution is 2.45. The molecule has 2 rings (SSSR count). The van der Waals surface area contributed by atoms with Crippen LogP contribution in [0.4, 0.5) is 0 Å². The van der Waals surface area contributed by atoms with Crippen molar-refractivity contribution in [2.75, 3.05) is 0 Å². The standard InChI is InChI=1S/C13H14ClN/c1-9-6-10(2)12(14)7-11(9)13(8-15)4-3-5-13/h6-7H,3-5H2,1-2H3. The Morgan fingerprint density at radius 2 is 1.93 bits per heavy atom. The number of benzene rings is 1. The number of nitrogens with zero attached hydrogens (tertiary/aromatic N) is 1. The Balaban J connectivity index is 2.54. The molecule has 0 atom stereocenters. The van der Waals surface area contributed by atoms with Gasteiger partial charge < -0.3 is 0 Å². The van der Waals surface area contributed by atoms with Crippen LogP contribution in [0.15, 0.2) is 12.1 Å². The third kappa shape index (κ3) is 1.54. The average molecular weight is 220 g/mol. The summed E-state index contributed by atoms with van der Waals surface area (Å²) < 4.78 is 0. The third-order valence-corrected chi connectivity index (χ3v) is 3.85. The summed E-state index contributed by atoms with van der Waals surface area (Å²) in [5.41, 5.74) is 3.16. The minimum Gasteiger partial charge on any atom is -0.197 e. The van der Waals surface area contributed by atoms with E-state index >= 15 is 0 Å². The summed E-state index contributed by atoms with van der Waals surface area (Å²) in [5.74, 6) is 0. The average Bonchev–Trinajstić information content (AvgIpc) is 2.12. The maximum absolute atomic E-state index is 9.28. The maximum atomic E-state index is 9.28. The third-order valence-electron chi connectivity index (χ3n) is 3.44. The van der Waals surface area contributed by atoms with Crippen molar-refractivity contribution in [3.63, 3.8) is 0 Å². The van der Waals surface area contributed by atoms with Crippen LogP contribution >= 0.6 is 11.6 Å². The monoisotopic (exact) mass is 219 g/mol. The molecule has 1 saturated carbocycles. The summed E-state index contributed by atoms with van der Waals surface area (Å²) in [6, 6.07) is 6.52. The minimum absolute atomic E-state index is 0.249. The highest BCUT2D eigenvalue weighted by atomic mass is 35.5. The van der Waals surface area contributed by atoms with E-state index < -0.39 is 0 Å². The van der Waals surface area contributed by atoms with Gasteiger partial charge in [-0.1, -0.05) is 17.7 Å². The predicted octanol–water partition coefficient (Wildman–Crippen LogP) is 3.90. The number of rotatable bonds is 1. The number of halogens is 1. The van der Waals surface area contributed by atoms with E-state index in [9.17, 15) is 5.26 Å². The Kier molecular flexibility index (Phi) is 2.48. The lowest BCUT2D eigenvalue weighted by molar-refractivity contribution is 0.323. The molecule has 1 aliphatic carbocycles. The van der Waals surface area contributed by atoms with Gasteiger partial charge in [0.2, 0.25) is 0 Å². The van der Waals surface area contributed by atoms with Crippen molar-refractivity contribution in [2.24, 2.45) is 0 Å². The van der Waals surface area contributed by atoms with Crippen molar-refractivity contribution in [3.05, 3.63) is 33.8 Å². The largest absolute Gasteiger partial charge is 0.197 e. The molecule has 15 heavy (non-hydrogen) atoms. The summed E-state index contributed by atoms with van der Waals surface area (Å²) in [7, 11) is 0. The molecule has 0 spiro atoms. The molecule has 78 valence electrons. The van der Waals surface area contributed by atoms with Crippen LogP contribution in [0.1, 0.15) is 36.0 Å². The van der Waals surface area contributed by atoms with E-state index in [0.717, 1.165) is 35.4 Å². The van der Waals surface area contributed by atoms with Gasteiger partial charge in [-0.3, -0.25) is 0 Å². The van der Waals surface area contributed by atoms with Crippen molar-refractivity contribution < 1.29 is 0 Å². The van der Waals surface area contributed by atoms with Crippen LogP contribution < -0.4 is 0 Å². The second-order valence-corrected chi connectivity index (χ2v) is 4.87. The van der Waals surface area contributed by atoms with Crippen LogP contribution in [0.3, 0.4) is 0 Å². The predicted molar refractivity (Wildman–Crippen MR) is 62.1 cm³/mol. The Labute approximate surface area is 95.7 Å². The zero-order valence-electron chi connectivity index (χ0n) is 9.10. The zero-order valence-corrected chi connectivity index (χ0v) is 9.86. The van der Waals surface area contributed by atoms with E-state index in [0.29, 0.717) is 0 Å². The molecule has 0 heterocycles. The van der Waals surface area contributed by atoms with Crippen molar-refractivity contribution in [1.29, 1.82) is 5.26 Å². The van der Waals surface area contributed by atoms with E-state index in [1.807, 2.05) is 13.0 Å². The van der Waals surface area contributed by atoms with Crippen LogP contribution in [-0.4, -0.2) is 0 Å². The fourth-order valence-corrected chi connectivity index (χ4v) is 2.48. The Hall–Kier alpha value is -1.00. The first-order valence-electron chi connectivity index (χ1n) is 5.27. The van der Waals surface area contributed by atoms with Crippen LogP contribution in [0.25, 0.3) is 0 Å². The topological polar surface area (TPSA) is 23.8 Å². The summed E-state index contributed by atoms with van der Waals surface area (Å²) in [4.78, 5) is 0. The molecular weight excluding hydrogens is 206 g/mol. The van der Waals surface area contributed by atoms with Crippen LogP contribution in [0.5, 0.6) is 0 Å². The van der Waals surface area contributed by atoms with E-state index in [1.165, 1.54) is 5.56 Å². The van der Waals surface area contributed by atoms with Gasteiger partial charge in [-0.25, -0.2) is 0 Å². The lowest BCUT2D eigenvalue weighted by Gasteiger charge is -2.37. The lowest BCUT2D eigenvalue weighted by Crippen LogP contribution is -2.33. The number of nitriles is 1. The SMILES string of the molecule is Cc1cc(C)c(C2(C#N)CCC2)cc1Cl. The summed E-state index contributed by atoms with van der Waals surface area (Å²) >= 11 is 6.12. The van der Waals surface area contributed by atoms with Crippen molar-refractivity contribution in [3.8, 4) is 6.07 Å². The van der Waals surface area contributed by atoms with Gasteiger partial charge in [0.05, 0.1) is 11.5 Å². The van der Waals surface area contributed by atoms with Gasteiger partial charge in [-0.2, -0.15) is 5.26 Å². The van der Waals surface area contributed by atoms with Crippen molar-refractivity contribution in [2.45, 2.75) is 38.5 Å². The van der Waals surface area contributed by atoms with E-state index in [4.69, 9.17) is 11.6 Å². The molecule has 1 fully saturated rings. The summed E-state index contributed by atoms with van der Waals surface area (Å²) in [6.45, 7) is 4.06. The van der Waals surface area contributed by atoms with E-state index in [-0.39, 0.29) is 5.41 Å². The normalized spacial score (nSPS) is 18.0. The first-order chi connectivity index (χ1) is 7.09. The van der Waals surface area contributed by atoms with Gasteiger partial charge in [-0.15, -0.1) is 0 Å². The van der Waals surface area contributed by atoms with Crippen LogP contribution in [-0.2, 0) is 5.41 Å². The first kappa shape index (κ1) is 10.5. The molecular formula is C13H14ClN. The molecule has 0 radical (unpaired) electrons. The molecule has 0 N–H and O–H groups in total. The molecule has 0 aliphatic heterocycles. The minimum atomic E-state index is -0.249. The molecule has 0 unspecified atom stereocenters.